The van der Waals surface area contributed by atoms with E-state index in [1.165, 1.54) is 17.8 Å². The molecule has 0 saturated carbocycles. The second-order valence-electron chi connectivity index (χ2n) is 3.96. The number of halogens is 2. The molecule has 1 nitrogen and oxygen atoms in total. The highest BCUT2D eigenvalue weighted by molar-refractivity contribution is 7.99. The standard InChI is InChI=1S/C12H14F2OS/c1-8(2)6-16-7-12(15)9-3-4-10(13)11(14)5-9/h3-5,8H,6-7H2,1-2H3. The van der Waals surface area contributed by atoms with Crippen molar-refractivity contribution >= 4 is 17.5 Å². The maximum Gasteiger partial charge on any atom is 0.172 e. The van der Waals surface area contributed by atoms with Crippen molar-refractivity contribution < 1.29 is 13.6 Å². The molecule has 1 rings (SSSR count). The van der Waals surface area contributed by atoms with Crippen LogP contribution in [0.2, 0.25) is 0 Å². The summed E-state index contributed by atoms with van der Waals surface area (Å²) in [5.74, 6) is -0.350. The lowest BCUT2D eigenvalue weighted by molar-refractivity contribution is 0.102. The normalized spacial score (nSPS) is 10.8. The van der Waals surface area contributed by atoms with Gasteiger partial charge in [-0.05, 0) is 29.9 Å². The minimum Gasteiger partial charge on any atom is -0.293 e. The van der Waals surface area contributed by atoms with Crippen LogP contribution in [0.4, 0.5) is 8.78 Å². The van der Waals surface area contributed by atoms with E-state index in [0.717, 1.165) is 17.9 Å². The Morgan fingerprint density at radius 1 is 1.31 bits per heavy atom. The Morgan fingerprint density at radius 3 is 2.56 bits per heavy atom. The molecule has 0 heterocycles. The molecule has 0 spiro atoms. The number of ketones is 1. The number of rotatable bonds is 5. The molecular formula is C12H14F2OS. The molecule has 0 amide bonds. The van der Waals surface area contributed by atoms with Crippen molar-refractivity contribution in [2.75, 3.05) is 11.5 Å². The average molecular weight is 244 g/mol. The molecule has 0 radical (unpaired) electrons. The van der Waals surface area contributed by atoms with E-state index in [2.05, 4.69) is 13.8 Å². The van der Waals surface area contributed by atoms with Gasteiger partial charge < -0.3 is 0 Å². The second-order valence-corrected chi connectivity index (χ2v) is 4.99. The van der Waals surface area contributed by atoms with Crippen molar-refractivity contribution in [1.82, 2.24) is 0 Å². The molecule has 0 N–H and O–H groups in total. The van der Waals surface area contributed by atoms with Crippen molar-refractivity contribution in [3.8, 4) is 0 Å². The third kappa shape index (κ3) is 3.93. The number of carbonyl (C=O) groups excluding carboxylic acids is 1. The van der Waals surface area contributed by atoms with Crippen LogP contribution in [-0.2, 0) is 0 Å². The Hall–Kier alpha value is -0.900. The second kappa shape index (κ2) is 5.99. The molecule has 1 aromatic rings. The predicted molar refractivity (Wildman–Crippen MR) is 62.9 cm³/mol. The first-order valence-electron chi connectivity index (χ1n) is 5.06. The van der Waals surface area contributed by atoms with Crippen LogP contribution in [0.1, 0.15) is 24.2 Å². The molecular weight excluding hydrogens is 230 g/mol. The summed E-state index contributed by atoms with van der Waals surface area (Å²) in [5, 5.41) is 0. The Labute approximate surface area is 98.2 Å². The van der Waals surface area contributed by atoms with Gasteiger partial charge in [-0.25, -0.2) is 8.78 Å². The van der Waals surface area contributed by atoms with Crippen LogP contribution in [0.3, 0.4) is 0 Å². The summed E-state index contributed by atoms with van der Waals surface area (Å²) < 4.78 is 25.5. The molecule has 88 valence electrons. The maximum atomic E-state index is 12.9. The summed E-state index contributed by atoms with van der Waals surface area (Å²) in [5.41, 5.74) is 0.232. The number of hydrogen-bond donors (Lipinski definition) is 0. The minimum atomic E-state index is -0.972. The largest absolute Gasteiger partial charge is 0.293 e. The van der Waals surface area contributed by atoms with E-state index in [-0.39, 0.29) is 11.3 Å². The van der Waals surface area contributed by atoms with Gasteiger partial charge in [0, 0.05) is 5.56 Å². The van der Waals surface area contributed by atoms with E-state index < -0.39 is 11.6 Å². The summed E-state index contributed by atoms with van der Waals surface area (Å²) in [7, 11) is 0. The maximum absolute atomic E-state index is 12.9. The molecule has 0 aliphatic carbocycles. The van der Waals surface area contributed by atoms with Crippen molar-refractivity contribution in [2.45, 2.75) is 13.8 Å². The lowest BCUT2D eigenvalue weighted by Gasteiger charge is -2.04. The fourth-order valence-electron chi connectivity index (χ4n) is 1.14. The monoisotopic (exact) mass is 244 g/mol. The van der Waals surface area contributed by atoms with Gasteiger partial charge in [0.05, 0.1) is 5.75 Å². The van der Waals surface area contributed by atoms with Crippen LogP contribution in [-0.4, -0.2) is 17.3 Å². The predicted octanol–water partition coefficient (Wildman–Crippen LogP) is 3.54. The lowest BCUT2D eigenvalue weighted by atomic mass is 10.1. The van der Waals surface area contributed by atoms with E-state index in [1.807, 2.05) is 0 Å². The summed E-state index contributed by atoms with van der Waals surface area (Å²) in [6, 6.07) is 3.25. The molecule has 4 heteroatoms. The van der Waals surface area contributed by atoms with E-state index in [9.17, 15) is 13.6 Å². The fourth-order valence-corrected chi connectivity index (χ4v) is 2.08. The Kier molecular flexibility index (Phi) is 4.93. The van der Waals surface area contributed by atoms with E-state index in [1.54, 1.807) is 0 Å². The lowest BCUT2D eigenvalue weighted by Crippen LogP contribution is -2.05. The van der Waals surface area contributed by atoms with Crippen LogP contribution in [0.25, 0.3) is 0 Å². The highest BCUT2D eigenvalue weighted by atomic mass is 32.2. The molecule has 0 saturated heterocycles. The highest BCUT2D eigenvalue weighted by Gasteiger charge is 2.09. The number of carbonyl (C=O) groups is 1. The number of benzene rings is 1. The van der Waals surface area contributed by atoms with Crippen LogP contribution in [0, 0.1) is 17.6 Å². The zero-order valence-corrected chi connectivity index (χ0v) is 10.1. The van der Waals surface area contributed by atoms with Gasteiger partial charge in [-0.1, -0.05) is 13.8 Å². The smallest absolute Gasteiger partial charge is 0.172 e. The average Bonchev–Trinajstić information content (AvgIpc) is 2.21. The number of hydrogen-bond acceptors (Lipinski definition) is 2. The molecule has 0 aliphatic heterocycles. The molecule has 0 atom stereocenters. The van der Waals surface area contributed by atoms with Crippen LogP contribution in [0.15, 0.2) is 18.2 Å². The number of thioether (sulfide) groups is 1. The number of Topliss-reactive ketones (excluding diaryl/α,β-unsaturated/α-hetero) is 1. The topological polar surface area (TPSA) is 17.1 Å². The van der Waals surface area contributed by atoms with Crippen molar-refractivity contribution in [3.63, 3.8) is 0 Å². The Morgan fingerprint density at radius 2 is 2.00 bits per heavy atom. The highest BCUT2D eigenvalue weighted by Crippen LogP contribution is 2.13. The first kappa shape index (κ1) is 13.2. The van der Waals surface area contributed by atoms with Gasteiger partial charge >= 0.3 is 0 Å². The van der Waals surface area contributed by atoms with E-state index in [0.29, 0.717) is 11.7 Å². The Balaban J connectivity index is 2.56. The van der Waals surface area contributed by atoms with Gasteiger partial charge in [0.2, 0.25) is 0 Å². The first-order valence-corrected chi connectivity index (χ1v) is 6.22. The van der Waals surface area contributed by atoms with Gasteiger partial charge in [-0.3, -0.25) is 4.79 Å². The summed E-state index contributed by atoms with van der Waals surface area (Å²) in [4.78, 5) is 11.6. The zero-order chi connectivity index (χ0) is 12.1. The van der Waals surface area contributed by atoms with E-state index in [4.69, 9.17) is 0 Å². The first-order chi connectivity index (χ1) is 7.50. The summed E-state index contributed by atoms with van der Waals surface area (Å²) >= 11 is 1.51. The SMILES string of the molecule is CC(C)CSCC(=O)c1ccc(F)c(F)c1. The van der Waals surface area contributed by atoms with Crippen LogP contribution >= 0.6 is 11.8 Å². The van der Waals surface area contributed by atoms with Gasteiger partial charge in [-0.15, -0.1) is 0 Å². The molecule has 16 heavy (non-hydrogen) atoms. The van der Waals surface area contributed by atoms with Gasteiger partial charge in [0.1, 0.15) is 0 Å². The quantitative estimate of drug-likeness (QED) is 0.737. The van der Waals surface area contributed by atoms with E-state index >= 15 is 0 Å². The molecule has 0 bridgehead atoms. The zero-order valence-electron chi connectivity index (χ0n) is 9.30. The summed E-state index contributed by atoms with van der Waals surface area (Å²) in [6.45, 7) is 4.13. The van der Waals surface area contributed by atoms with Crippen LogP contribution < -0.4 is 0 Å². The fraction of sp³-hybridized carbons (Fsp3) is 0.417. The van der Waals surface area contributed by atoms with Gasteiger partial charge in [-0.2, -0.15) is 11.8 Å². The molecule has 1 aromatic carbocycles. The van der Waals surface area contributed by atoms with Crippen molar-refractivity contribution in [3.05, 3.63) is 35.4 Å². The van der Waals surface area contributed by atoms with Crippen molar-refractivity contribution in [2.24, 2.45) is 5.92 Å². The molecule has 0 unspecified atom stereocenters. The minimum absolute atomic E-state index is 0.162. The van der Waals surface area contributed by atoms with Gasteiger partial charge in [0.25, 0.3) is 0 Å². The molecule has 0 fully saturated rings. The van der Waals surface area contributed by atoms with Gasteiger partial charge in [0.15, 0.2) is 17.4 Å². The third-order valence-electron chi connectivity index (χ3n) is 1.93. The van der Waals surface area contributed by atoms with Crippen LogP contribution in [0.5, 0.6) is 0 Å². The molecule has 0 aromatic heterocycles. The third-order valence-corrected chi connectivity index (χ3v) is 3.29. The Bertz CT molecular complexity index is 377. The molecule has 0 aliphatic rings. The summed E-state index contributed by atoms with van der Waals surface area (Å²) in [6.07, 6.45) is 0. The van der Waals surface area contributed by atoms with Crippen molar-refractivity contribution in [1.29, 1.82) is 0 Å².